The predicted molar refractivity (Wildman–Crippen MR) is 128 cm³/mol. The van der Waals surface area contributed by atoms with Crippen LogP contribution < -0.4 is 5.73 Å². The first-order chi connectivity index (χ1) is 16.2. The summed E-state index contributed by atoms with van der Waals surface area (Å²) in [6.07, 6.45) is -1.43. The van der Waals surface area contributed by atoms with Gasteiger partial charge in [-0.15, -0.1) is 0 Å². The number of hydrogen-bond acceptors (Lipinski definition) is 5. The Balaban J connectivity index is 1.53. The van der Waals surface area contributed by atoms with Crippen LogP contribution in [0.1, 0.15) is 23.6 Å². The molecule has 3 aromatic carbocycles. The molecule has 0 saturated carbocycles. The number of rotatable bonds is 10. The van der Waals surface area contributed by atoms with Crippen LogP contribution in [0.25, 0.3) is 0 Å². The second-order valence-corrected chi connectivity index (χ2v) is 8.40. The lowest BCUT2D eigenvalue weighted by molar-refractivity contribution is -0.259. The lowest BCUT2D eigenvalue weighted by atomic mass is 9.94. The summed E-state index contributed by atoms with van der Waals surface area (Å²) in [5.74, 6) is 0. The molecular formula is C28H33NO4. The molecule has 0 bridgehead atoms. The van der Waals surface area contributed by atoms with E-state index in [1.165, 1.54) is 0 Å². The van der Waals surface area contributed by atoms with E-state index in [-0.39, 0.29) is 30.5 Å². The molecule has 1 heterocycles. The minimum atomic E-state index is -0.351. The van der Waals surface area contributed by atoms with E-state index in [0.717, 1.165) is 16.7 Å². The lowest BCUT2D eigenvalue weighted by Crippen LogP contribution is -2.61. The maximum Gasteiger partial charge on any atom is 0.115 e. The maximum atomic E-state index is 6.49. The summed E-state index contributed by atoms with van der Waals surface area (Å²) in [5, 5.41) is 0. The van der Waals surface area contributed by atoms with E-state index in [9.17, 15) is 0 Å². The van der Waals surface area contributed by atoms with Crippen molar-refractivity contribution < 1.29 is 18.9 Å². The first-order valence-corrected chi connectivity index (χ1v) is 11.6. The van der Waals surface area contributed by atoms with Gasteiger partial charge in [0.05, 0.1) is 32.0 Å². The summed E-state index contributed by atoms with van der Waals surface area (Å²) < 4.78 is 25.5. The van der Waals surface area contributed by atoms with Crippen molar-refractivity contribution in [3.8, 4) is 0 Å². The summed E-state index contributed by atoms with van der Waals surface area (Å²) in [5.41, 5.74) is 9.40. The van der Waals surface area contributed by atoms with Crippen molar-refractivity contribution in [2.75, 3.05) is 6.54 Å². The number of ether oxygens (including phenoxy) is 4. The van der Waals surface area contributed by atoms with E-state index in [0.29, 0.717) is 26.4 Å². The first kappa shape index (κ1) is 23.6. The Labute approximate surface area is 196 Å². The van der Waals surface area contributed by atoms with Crippen LogP contribution >= 0.6 is 0 Å². The summed E-state index contributed by atoms with van der Waals surface area (Å²) in [6.45, 7) is 3.76. The van der Waals surface area contributed by atoms with Gasteiger partial charge in [-0.1, -0.05) is 91.0 Å². The van der Waals surface area contributed by atoms with Crippen molar-refractivity contribution in [3.05, 3.63) is 108 Å². The van der Waals surface area contributed by atoms with Crippen molar-refractivity contribution in [3.63, 3.8) is 0 Å². The van der Waals surface area contributed by atoms with Crippen molar-refractivity contribution in [2.45, 2.75) is 57.3 Å². The van der Waals surface area contributed by atoms with Crippen LogP contribution in [0.4, 0.5) is 0 Å². The molecule has 174 valence electrons. The highest BCUT2D eigenvalue weighted by Crippen LogP contribution is 2.30. The molecule has 3 aromatic rings. The Morgan fingerprint density at radius 2 is 1.00 bits per heavy atom. The van der Waals surface area contributed by atoms with Crippen LogP contribution in [0.5, 0.6) is 0 Å². The van der Waals surface area contributed by atoms with Gasteiger partial charge in [0.25, 0.3) is 0 Å². The molecule has 0 aliphatic carbocycles. The van der Waals surface area contributed by atoms with Crippen LogP contribution in [0.15, 0.2) is 91.0 Å². The molecule has 0 amide bonds. The molecular weight excluding hydrogens is 414 g/mol. The molecule has 0 radical (unpaired) electrons. The SMILES string of the molecule is CC1OC(CN)C(OCc2ccccc2)C(OCc2ccccc2)C1OCc1ccccc1. The van der Waals surface area contributed by atoms with E-state index in [1.807, 2.05) is 73.7 Å². The number of hydrogen-bond donors (Lipinski definition) is 1. The van der Waals surface area contributed by atoms with Gasteiger partial charge in [0, 0.05) is 6.54 Å². The van der Waals surface area contributed by atoms with E-state index in [4.69, 9.17) is 24.7 Å². The molecule has 1 saturated heterocycles. The highest BCUT2D eigenvalue weighted by Gasteiger charge is 2.46. The van der Waals surface area contributed by atoms with E-state index in [2.05, 4.69) is 24.3 Å². The average molecular weight is 448 g/mol. The molecule has 1 aliphatic rings. The van der Waals surface area contributed by atoms with Gasteiger partial charge in [-0.3, -0.25) is 0 Å². The molecule has 1 fully saturated rings. The Hall–Kier alpha value is -2.54. The summed E-state index contributed by atoms with van der Waals surface area (Å²) in [4.78, 5) is 0. The second-order valence-electron chi connectivity index (χ2n) is 8.40. The molecule has 5 nitrogen and oxygen atoms in total. The van der Waals surface area contributed by atoms with E-state index in [1.54, 1.807) is 0 Å². The topological polar surface area (TPSA) is 62.9 Å². The monoisotopic (exact) mass is 447 g/mol. The quantitative estimate of drug-likeness (QED) is 0.496. The van der Waals surface area contributed by atoms with E-state index < -0.39 is 0 Å². The molecule has 5 atom stereocenters. The van der Waals surface area contributed by atoms with Gasteiger partial charge in [0.1, 0.15) is 18.3 Å². The molecule has 1 aliphatic heterocycles. The molecule has 0 aromatic heterocycles. The zero-order valence-corrected chi connectivity index (χ0v) is 19.1. The van der Waals surface area contributed by atoms with Crippen molar-refractivity contribution in [1.82, 2.24) is 0 Å². The standard InChI is InChI=1S/C28H33NO4/c1-21-26(30-18-22-11-5-2-6-12-22)28(32-20-24-15-9-4-10-16-24)27(25(17-29)33-21)31-19-23-13-7-3-8-14-23/h2-16,21,25-28H,17-20,29H2,1H3. The van der Waals surface area contributed by atoms with Crippen LogP contribution in [-0.2, 0) is 38.8 Å². The van der Waals surface area contributed by atoms with Gasteiger partial charge in [-0.25, -0.2) is 0 Å². The molecule has 4 rings (SSSR count). The Morgan fingerprint density at radius 3 is 1.42 bits per heavy atom. The predicted octanol–water partition coefficient (Wildman–Crippen LogP) is 4.49. The highest BCUT2D eigenvalue weighted by molar-refractivity contribution is 5.15. The maximum absolute atomic E-state index is 6.49. The Kier molecular flexibility index (Phi) is 8.64. The summed E-state index contributed by atoms with van der Waals surface area (Å²) in [7, 11) is 0. The van der Waals surface area contributed by atoms with Crippen molar-refractivity contribution in [1.29, 1.82) is 0 Å². The lowest BCUT2D eigenvalue weighted by Gasteiger charge is -2.45. The Bertz CT molecular complexity index is 938. The van der Waals surface area contributed by atoms with Crippen LogP contribution in [0.2, 0.25) is 0 Å². The second kappa shape index (κ2) is 12.1. The molecule has 5 unspecified atom stereocenters. The van der Waals surface area contributed by atoms with Gasteiger partial charge >= 0.3 is 0 Å². The first-order valence-electron chi connectivity index (χ1n) is 11.6. The molecule has 2 N–H and O–H groups in total. The van der Waals surface area contributed by atoms with Crippen LogP contribution in [0, 0.1) is 0 Å². The third-order valence-electron chi connectivity index (χ3n) is 5.95. The number of nitrogens with two attached hydrogens (primary N) is 1. The molecule has 5 heteroatoms. The third-order valence-corrected chi connectivity index (χ3v) is 5.95. The zero-order chi connectivity index (χ0) is 22.9. The number of benzene rings is 3. The average Bonchev–Trinajstić information content (AvgIpc) is 2.87. The molecule has 33 heavy (non-hydrogen) atoms. The van der Waals surface area contributed by atoms with Gasteiger partial charge in [-0.2, -0.15) is 0 Å². The highest BCUT2D eigenvalue weighted by atomic mass is 16.6. The summed E-state index contributed by atoms with van der Waals surface area (Å²) in [6, 6.07) is 30.4. The largest absolute Gasteiger partial charge is 0.368 e. The van der Waals surface area contributed by atoms with Gasteiger partial charge < -0.3 is 24.7 Å². The smallest absolute Gasteiger partial charge is 0.115 e. The third kappa shape index (κ3) is 6.50. The van der Waals surface area contributed by atoms with Gasteiger partial charge in [0.2, 0.25) is 0 Å². The molecule has 0 spiro atoms. The van der Waals surface area contributed by atoms with Crippen LogP contribution in [-0.4, -0.2) is 37.1 Å². The zero-order valence-electron chi connectivity index (χ0n) is 19.1. The van der Waals surface area contributed by atoms with Gasteiger partial charge in [0.15, 0.2) is 0 Å². The normalized spacial score (nSPS) is 25.1. The van der Waals surface area contributed by atoms with Gasteiger partial charge in [-0.05, 0) is 23.6 Å². The van der Waals surface area contributed by atoms with Crippen molar-refractivity contribution in [2.24, 2.45) is 5.73 Å². The van der Waals surface area contributed by atoms with E-state index >= 15 is 0 Å². The van der Waals surface area contributed by atoms with Crippen molar-refractivity contribution >= 4 is 0 Å². The Morgan fingerprint density at radius 1 is 0.606 bits per heavy atom. The fourth-order valence-corrected chi connectivity index (χ4v) is 4.21. The fraction of sp³-hybridized carbons (Fsp3) is 0.357. The fourth-order valence-electron chi connectivity index (χ4n) is 4.21. The minimum Gasteiger partial charge on any atom is -0.368 e. The minimum absolute atomic E-state index is 0.181. The summed E-state index contributed by atoms with van der Waals surface area (Å²) >= 11 is 0. The van der Waals surface area contributed by atoms with Crippen LogP contribution in [0.3, 0.4) is 0 Å².